The van der Waals surface area contributed by atoms with Crippen LogP contribution in [0.4, 0.5) is 5.69 Å². The van der Waals surface area contributed by atoms with Gasteiger partial charge < -0.3 is 14.8 Å². The normalized spacial score (nSPS) is 22.2. The van der Waals surface area contributed by atoms with E-state index in [0.717, 1.165) is 35.4 Å². The van der Waals surface area contributed by atoms with Gasteiger partial charge in [0.05, 0.1) is 10.9 Å². The molecule has 27 heavy (non-hydrogen) atoms. The summed E-state index contributed by atoms with van der Waals surface area (Å²) in [6, 6.07) is 14.8. The Labute approximate surface area is 158 Å². The maximum absolute atomic E-state index is 12.8. The first-order valence-corrected chi connectivity index (χ1v) is 9.77. The Hall–Kier alpha value is -2.66. The van der Waals surface area contributed by atoms with Gasteiger partial charge in [0.2, 0.25) is 0 Å². The van der Waals surface area contributed by atoms with Crippen molar-refractivity contribution in [3.05, 3.63) is 58.4 Å². The zero-order valence-corrected chi connectivity index (χ0v) is 15.6. The minimum absolute atomic E-state index is 0.0683. The molecule has 3 saturated heterocycles. The minimum Gasteiger partial charge on any atom is -0.367 e. The second-order valence-electron chi connectivity index (χ2n) is 7.75. The summed E-state index contributed by atoms with van der Waals surface area (Å²) in [4.78, 5) is 25.5. The fraction of sp³-hybridized carbons (Fsp3) is 0.364. The molecule has 0 amide bonds. The fourth-order valence-corrected chi connectivity index (χ4v) is 4.46. The van der Waals surface area contributed by atoms with Gasteiger partial charge in [-0.15, -0.1) is 0 Å². The van der Waals surface area contributed by atoms with Crippen LogP contribution in [0.25, 0.3) is 22.3 Å². The summed E-state index contributed by atoms with van der Waals surface area (Å²) in [5, 5.41) is 0.669. The van der Waals surface area contributed by atoms with Crippen molar-refractivity contribution in [2.45, 2.75) is 25.8 Å². The molecule has 0 spiro atoms. The van der Waals surface area contributed by atoms with Crippen LogP contribution in [0.3, 0.4) is 0 Å². The van der Waals surface area contributed by atoms with Crippen LogP contribution in [-0.2, 0) is 0 Å². The molecule has 3 aliphatic heterocycles. The Morgan fingerprint density at radius 1 is 1.04 bits per heavy atom. The number of fused-ring (bicyclic) bond motifs is 5. The molecule has 5 nitrogen and oxygen atoms in total. The van der Waals surface area contributed by atoms with Gasteiger partial charge in [0.25, 0.3) is 5.56 Å². The first-order valence-electron chi connectivity index (χ1n) is 9.77. The molecule has 3 aliphatic rings. The number of aryl methyl sites for hydroxylation is 1. The number of hydrogen-bond acceptors (Lipinski definition) is 4. The summed E-state index contributed by atoms with van der Waals surface area (Å²) >= 11 is 0. The third-order valence-corrected chi connectivity index (χ3v) is 5.97. The zero-order chi connectivity index (χ0) is 18.4. The average Bonchev–Trinajstić information content (AvgIpc) is 3.02. The molecule has 138 valence electrons. The molecule has 0 radical (unpaired) electrons. The number of H-pyrrole nitrogens is 1. The van der Waals surface area contributed by atoms with Gasteiger partial charge in [-0.2, -0.15) is 0 Å². The molecule has 2 bridgehead atoms. The lowest BCUT2D eigenvalue weighted by Crippen LogP contribution is -2.37. The number of aromatic amines is 1. The van der Waals surface area contributed by atoms with Crippen molar-refractivity contribution in [1.82, 2.24) is 14.9 Å². The molecule has 3 aromatic rings. The van der Waals surface area contributed by atoms with Gasteiger partial charge in [-0.05, 0) is 44.0 Å². The SMILES string of the molecule is Cc1cccc(-c2nc3ccc(N4CCN5CCC4CC5)cc3c(=O)[nH]2)c1. The number of hydrogen-bond donors (Lipinski definition) is 1. The molecule has 1 aromatic heterocycles. The second kappa shape index (κ2) is 6.50. The van der Waals surface area contributed by atoms with E-state index in [-0.39, 0.29) is 5.56 Å². The molecular weight excluding hydrogens is 336 g/mol. The van der Waals surface area contributed by atoms with Crippen molar-refractivity contribution in [2.75, 3.05) is 31.1 Å². The third kappa shape index (κ3) is 3.02. The molecule has 3 fully saturated rings. The molecule has 2 aromatic carbocycles. The lowest BCUT2D eigenvalue weighted by atomic mass is 10.0. The van der Waals surface area contributed by atoms with Crippen LogP contribution in [0, 0.1) is 6.92 Å². The summed E-state index contributed by atoms with van der Waals surface area (Å²) < 4.78 is 0. The number of rotatable bonds is 2. The van der Waals surface area contributed by atoms with Gasteiger partial charge in [0, 0.05) is 43.5 Å². The number of anilines is 1. The van der Waals surface area contributed by atoms with E-state index >= 15 is 0 Å². The van der Waals surface area contributed by atoms with E-state index in [0.29, 0.717) is 17.3 Å². The number of benzene rings is 2. The molecule has 5 heteroatoms. The maximum Gasteiger partial charge on any atom is 0.259 e. The standard InChI is InChI=1S/C22H24N4O/c1-15-3-2-4-16(13-15)21-23-20-6-5-18(14-19(20)22(27)24-21)26-12-11-25-9-7-17(26)8-10-25/h2-6,13-14,17H,7-12H2,1H3,(H,23,24,27). The van der Waals surface area contributed by atoms with E-state index in [4.69, 9.17) is 4.98 Å². The van der Waals surface area contributed by atoms with Gasteiger partial charge in [-0.1, -0.05) is 23.8 Å². The van der Waals surface area contributed by atoms with E-state index in [2.05, 4.69) is 20.9 Å². The van der Waals surface area contributed by atoms with Crippen molar-refractivity contribution in [1.29, 1.82) is 0 Å². The Morgan fingerprint density at radius 3 is 2.70 bits per heavy atom. The molecule has 1 N–H and O–H groups in total. The molecular formula is C22H24N4O. The second-order valence-corrected chi connectivity index (χ2v) is 7.75. The van der Waals surface area contributed by atoms with E-state index in [1.165, 1.54) is 25.9 Å². The van der Waals surface area contributed by atoms with Crippen LogP contribution in [-0.4, -0.2) is 47.1 Å². The Balaban J connectivity index is 1.56. The van der Waals surface area contributed by atoms with Crippen molar-refractivity contribution in [2.24, 2.45) is 0 Å². The zero-order valence-electron chi connectivity index (χ0n) is 15.6. The summed E-state index contributed by atoms with van der Waals surface area (Å²) in [7, 11) is 0. The average molecular weight is 360 g/mol. The highest BCUT2D eigenvalue weighted by molar-refractivity contribution is 5.83. The number of nitrogens with zero attached hydrogens (tertiary/aromatic N) is 3. The summed E-state index contributed by atoms with van der Waals surface area (Å²) in [6.45, 7) is 6.56. The van der Waals surface area contributed by atoms with E-state index in [1.54, 1.807) is 0 Å². The first kappa shape index (κ1) is 16.5. The van der Waals surface area contributed by atoms with Crippen LogP contribution >= 0.6 is 0 Å². The lowest BCUT2D eigenvalue weighted by molar-refractivity contribution is 0.250. The van der Waals surface area contributed by atoms with Crippen LogP contribution in [0.5, 0.6) is 0 Å². The highest BCUT2D eigenvalue weighted by Gasteiger charge is 2.29. The molecule has 4 heterocycles. The Morgan fingerprint density at radius 2 is 1.89 bits per heavy atom. The monoisotopic (exact) mass is 360 g/mol. The number of aromatic nitrogens is 2. The van der Waals surface area contributed by atoms with Gasteiger partial charge >= 0.3 is 0 Å². The molecule has 0 atom stereocenters. The minimum atomic E-state index is -0.0683. The van der Waals surface area contributed by atoms with Gasteiger partial charge in [0.1, 0.15) is 5.82 Å². The quantitative estimate of drug-likeness (QED) is 0.763. The summed E-state index contributed by atoms with van der Waals surface area (Å²) in [5.74, 6) is 0.630. The summed E-state index contributed by atoms with van der Waals surface area (Å²) in [6.07, 6.45) is 2.41. The lowest BCUT2D eigenvalue weighted by Gasteiger charge is -2.33. The number of piperidine rings is 1. The Kier molecular flexibility index (Phi) is 3.97. The maximum atomic E-state index is 12.8. The first-order chi connectivity index (χ1) is 13.2. The van der Waals surface area contributed by atoms with Crippen LogP contribution in [0.2, 0.25) is 0 Å². The van der Waals surface area contributed by atoms with Crippen molar-refractivity contribution < 1.29 is 0 Å². The van der Waals surface area contributed by atoms with E-state index in [1.807, 2.05) is 43.3 Å². The van der Waals surface area contributed by atoms with E-state index in [9.17, 15) is 4.79 Å². The van der Waals surface area contributed by atoms with Gasteiger partial charge in [-0.3, -0.25) is 4.79 Å². The highest BCUT2D eigenvalue weighted by Crippen LogP contribution is 2.28. The van der Waals surface area contributed by atoms with Crippen LogP contribution in [0.15, 0.2) is 47.3 Å². The largest absolute Gasteiger partial charge is 0.367 e. The smallest absolute Gasteiger partial charge is 0.259 e. The van der Waals surface area contributed by atoms with Gasteiger partial charge in [-0.25, -0.2) is 4.98 Å². The fourth-order valence-electron chi connectivity index (χ4n) is 4.46. The predicted octanol–water partition coefficient (Wildman–Crippen LogP) is 3.18. The van der Waals surface area contributed by atoms with Crippen molar-refractivity contribution in [3.63, 3.8) is 0 Å². The van der Waals surface area contributed by atoms with Crippen LogP contribution < -0.4 is 10.5 Å². The topological polar surface area (TPSA) is 52.2 Å². The highest BCUT2D eigenvalue weighted by atomic mass is 16.1. The van der Waals surface area contributed by atoms with Gasteiger partial charge in [0.15, 0.2) is 0 Å². The molecule has 0 unspecified atom stereocenters. The van der Waals surface area contributed by atoms with E-state index < -0.39 is 0 Å². The third-order valence-electron chi connectivity index (χ3n) is 5.97. The molecule has 0 aliphatic carbocycles. The van der Waals surface area contributed by atoms with Crippen molar-refractivity contribution in [3.8, 4) is 11.4 Å². The van der Waals surface area contributed by atoms with Crippen molar-refractivity contribution >= 4 is 16.6 Å². The predicted molar refractivity (Wildman–Crippen MR) is 109 cm³/mol. The Bertz CT molecular complexity index is 1050. The van der Waals surface area contributed by atoms with Crippen LogP contribution in [0.1, 0.15) is 18.4 Å². The number of nitrogens with one attached hydrogen (secondary N) is 1. The molecule has 6 rings (SSSR count). The molecule has 0 saturated carbocycles. The summed E-state index contributed by atoms with van der Waals surface area (Å²) in [5.41, 5.74) is 3.92.